The third kappa shape index (κ3) is 5.14. The second-order valence-corrected chi connectivity index (χ2v) is 15.8. The van der Waals surface area contributed by atoms with Gasteiger partial charge in [0.1, 0.15) is 0 Å². The van der Waals surface area contributed by atoms with Crippen molar-refractivity contribution < 1.29 is 0 Å². The molecule has 0 saturated carbocycles. The third-order valence-corrected chi connectivity index (χ3v) is 12.9. The fourth-order valence-corrected chi connectivity index (χ4v) is 10.4. The molecule has 4 heteroatoms. The van der Waals surface area contributed by atoms with Gasteiger partial charge in [-0.05, 0) is 69.4 Å². The first-order valence-electron chi connectivity index (χ1n) is 18.1. The van der Waals surface area contributed by atoms with Crippen LogP contribution in [0.5, 0.6) is 0 Å². The lowest BCUT2D eigenvalue weighted by atomic mass is 9.91. The van der Waals surface area contributed by atoms with E-state index in [-0.39, 0.29) is 0 Å². The summed E-state index contributed by atoms with van der Waals surface area (Å²) in [6.45, 7) is 0. The van der Waals surface area contributed by atoms with E-state index in [1.165, 1.54) is 67.8 Å². The van der Waals surface area contributed by atoms with E-state index in [4.69, 9.17) is 9.97 Å². The summed E-state index contributed by atoms with van der Waals surface area (Å²) in [6.07, 6.45) is 0. The van der Waals surface area contributed by atoms with Crippen molar-refractivity contribution in [1.29, 1.82) is 0 Å². The zero-order valence-corrected chi connectivity index (χ0v) is 30.7. The van der Waals surface area contributed by atoms with Gasteiger partial charge in [0, 0.05) is 57.0 Å². The Bertz CT molecular complexity index is 3220. The predicted molar refractivity (Wildman–Crippen MR) is 232 cm³/mol. The molecule has 0 radical (unpaired) electrons. The molecule has 0 unspecified atom stereocenters. The Morgan fingerprint density at radius 1 is 0.315 bits per heavy atom. The molecular weight excluding hydrogens is 693 g/mol. The molecule has 11 rings (SSSR count). The minimum absolute atomic E-state index is 0.713. The first-order valence-corrected chi connectivity index (χ1v) is 19.8. The van der Waals surface area contributed by atoms with Gasteiger partial charge in [-0.1, -0.05) is 146 Å². The van der Waals surface area contributed by atoms with Crippen LogP contribution >= 0.6 is 22.7 Å². The number of rotatable bonds is 5. The second-order valence-electron chi connectivity index (χ2n) is 13.7. The molecule has 0 atom stereocenters. The van der Waals surface area contributed by atoms with Gasteiger partial charge in [-0.3, -0.25) is 0 Å². The maximum Gasteiger partial charge on any atom is 0.160 e. The minimum atomic E-state index is 0.713. The van der Waals surface area contributed by atoms with Gasteiger partial charge in [0.15, 0.2) is 5.82 Å². The summed E-state index contributed by atoms with van der Waals surface area (Å²) >= 11 is 3.70. The van der Waals surface area contributed by atoms with E-state index in [0.29, 0.717) is 5.82 Å². The van der Waals surface area contributed by atoms with Crippen molar-refractivity contribution in [3.8, 4) is 56.2 Å². The maximum atomic E-state index is 5.35. The van der Waals surface area contributed by atoms with Gasteiger partial charge < -0.3 is 0 Å². The maximum absolute atomic E-state index is 5.35. The predicted octanol–water partition coefficient (Wildman–Crippen LogP) is 14.7. The van der Waals surface area contributed by atoms with Crippen LogP contribution in [-0.2, 0) is 0 Å². The highest BCUT2D eigenvalue weighted by Gasteiger charge is 2.18. The molecular formula is C50H30N2S2. The third-order valence-electron chi connectivity index (χ3n) is 10.5. The molecule has 252 valence electrons. The molecule has 8 aromatic carbocycles. The Morgan fingerprint density at radius 2 is 0.815 bits per heavy atom. The summed E-state index contributed by atoms with van der Waals surface area (Å²) in [4.78, 5) is 10.6. The zero-order chi connectivity index (χ0) is 35.6. The van der Waals surface area contributed by atoms with Crippen LogP contribution in [0.2, 0.25) is 0 Å². The van der Waals surface area contributed by atoms with E-state index in [2.05, 4.69) is 176 Å². The molecule has 3 heterocycles. The average Bonchev–Trinajstić information content (AvgIpc) is 3.82. The van der Waals surface area contributed by atoms with Gasteiger partial charge >= 0.3 is 0 Å². The molecule has 11 aromatic rings. The Morgan fingerprint density at radius 3 is 1.56 bits per heavy atom. The Kier molecular flexibility index (Phi) is 7.25. The Labute approximate surface area is 320 Å². The first-order chi connectivity index (χ1) is 26.7. The van der Waals surface area contributed by atoms with Crippen molar-refractivity contribution in [3.05, 3.63) is 182 Å². The molecule has 0 aliphatic rings. The average molecular weight is 723 g/mol. The lowest BCUT2D eigenvalue weighted by Gasteiger charge is -2.15. The number of aromatic nitrogens is 2. The number of fused-ring (bicyclic) bond motifs is 7. The summed E-state index contributed by atoms with van der Waals surface area (Å²) in [5.41, 5.74) is 9.73. The number of hydrogen-bond acceptors (Lipinski definition) is 4. The molecule has 0 N–H and O–H groups in total. The quantitative estimate of drug-likeness (QED) is 0.177. The highest BCUT2D eigenvalue weighted by Crippen LogP contribution is 2.44. The minimum Gasteiger partial charge on any atom is -0.228 e. The zero-order valence-electron chi connectivity index (χ0n) is 29.0. The molecule has 0 fully saturated rings. The standard InChI is InChI=1S/C50H30N2S2/c1-2-14-32(15-3-1)50-51-44(30-45(52-50)43-24-12-23-42-40-19-7-9-26-47(40)54-49(42)43)35-28-33(37-20-10-16-31-13-4-5-17-36(31)37)27-34(29-35)38-21-11-22-41-39-18-6-8-25-46(39)53-48(38)41/h1-30H. The number of benzene rings is 8. The van der Waals surface area contributed by atoms with Crippen LogP contribution in [0.1, 0.15) is 0 Å². The summed E-state index contributed by atoms with van der Waals surface area (Å²) in [7, 11) is 0. The lowest BCUT2D eigenvalue weighted by Crippen LogP contribution is -1.97. The van der Waals surface area contributed by atoms with Gasteiger partial charge in [-0.25, -0.2) is 9.97 Å². The number of hydrogen-bond donors (Lipinski definition) is 0. The smallest absolute Gasteiger partial charge is 0.160 e. The van der Waals surface area contributed by atoms with Crippen molar-refractivity contribution in [2.24, 2.45) is 0 Å². The molecule has 0 bridgehead atoms. The van der Waals surface area contributed by atoms with Gasteiger partial charge in [0.2, 0.25) is 0 Å². The van der Waals surface area contributed by atoms with Crippen LogP contribution in [0.3, 0.4) is 0 Å². The van der Waals surface area contributed by atoms with Gasteiger partial charge in [-0.15, -0.1) is 22.7 Å². The lowest BCUT2D eigenvalue weighted by molar-refractivity contribution is 1.19. The largest absolute Gasteiger partial charge is 0.228 e. The highest BCUT2D eigenvalue weighted by molar-refractivity contribution is 7.26. The Balaban J connectivity index is 1.19. The van der Waals surface area contributed by atoms with Crippen LogP contribution in [0.15, 0.2) is 182 Å². The highest BCUT2D eigenvalue weighted by atomic mass is 32.1. The van der Waals surface area contributed by atoms with E-state index < -0.39 is 0 Å². The van der Waals surface area contributed by atoms with E-state index >= 15 is 0 Å². The molecule has 2 nitrogen and oxygen atoms in total. The van der Waals surface area contributed by atoms with Gasteiger partial charge in [-0.2, -0.15) is 0 Å². The first kappa shape index (κ1) is 31.1. The SMILES string of the molecule is c1ccc(-c2nc(-c3cc(-c4cccc5ccccc45)cc(-c4cccc5c4sc4ccccc45)c3)cc(-c3cccc4c3sc3ccccc34)n2)cc1. The molecule has 0 aliphatic carbocycles. The van der Waals surface area contributed by atoms with Crippen LogP contribution < -0.4 is 0 Å². The fourth-order valence-electron chi connectivity index (χ4n) is 7.94. The fraction of sp³-hybridized carbons (Fsp3) is 0. The van der Waals surface area contributed by atoms with Crippen molar-refractivity contribution in [3.63, 3.8) is 0 Å². The van der Waals surface area contributed by atoms with Gasteiger partial charge in [0.05, 0.1) is 11.4 Å². The van der Waals surface area contributed by atoms with Crippen LogP contribution in [-0.4, -0.2) is 9.97 Å². The van der Waals surface area contributed by atoms with Crippen molar-refractivity contribution >= 4 is 73.8 Å². The van der Waals surface area contributed by atoms with E-state index in [0.717, 1.165) is 33.6 Å². The van der Waals surface area contributed by atoms with Gasteiger partial charge in [0.25, 0.3) is 0 Å². The molecule has 3 aromatic heterocycles. The molecule has 0 aliphatic heterocycles. The topological polar surface area (TPSA) is 25.8 Å². The van der Waals surface area contributed by atoms with E-state index in [1.54, 1.807) is 0 Å². The van der Waals surface area contributed by atoms with Crippen molar-refractivity contribution in [2.75, 3.05) is 0 Å². The second kappa shape index (κ2) is 12.6. The van der Waals surface area contributed by atoms with Crippen LogP contribution in [0.25, 0.3) is 107 Å². The van der Waals surface area contributed by atoms with E-state index in [1.807, 2.05) is 28.7 Å². The summed E-state index contributed by atoms with van der Waals surface area (Å²) in [5.74, 6) is 0.713. The molecule has 54 heavy (non-hydrogen) atoms. The number of thiophene rings is 2. The van der Waals surface area contributed by atoms with Crippen LogP contribution in [0, 0.1) is 0 Å². The summed E-state index contributed by atoms with van der Waals surface area (Å²) < 4.78 is 5.11. The Hall–Kier alpha value is -6.46. The normalized spacial score (nSPS) is 11.7. The number of nitrogens with zero attached hydrogens (tertiary/aromatic N) is 2. The summed E-state index contributed by atoms with van der Waals surface area (Å²) in [6, 6.07) is 65.5. The van der Waals surface area contributed by atoms with Crippen molar-refractivity contribution in [2.45, 2.75) is 0 Å². The monoisotopic (exact) mass is 722 g/mol. The van der Waals surface area contributed by atoms with Crippen molar-refractivity contribution in [1.82, 2.24) is 9.97 Å². The molecule has 0 amide bonds. The van der Waals surface area contributed by atoms with E-state index in [9.17, 15) is 0 Å². The molecule has 0 saturated heterocycles. The van der Waals surface area contributed by atoms with Crippen LogP contribution in [0.4, 0.5) is 0 Å². The summed E-state index contributed by atoms with van der Waals surface area (Å²) in [5, 5.41) is 7.57. The molecule has 0 spiro atoms.